The minimum atomic E-state index is -0.0186. The Hall–Kier alpha value is -1.75. The fourth-order valence-electron chi connectivity index (χ4n) is 2.82. The maximum Gasteiger partial charge on any atom is 0.225 e. The van der Waals surface area contributed by atoms with E-state index in [0.717, 1.165) is 0 Å². The molecule has 0 aliphatic heterocycles. The number of methoxy groups -OCH3 is 2. The van der Waals surface area contributed by atoms with Crippen LogP contribution < -0.4 is 20.1 Å². The molecule has 0 unspecified atom stereocenters. The van der Waals surface area contributed by atoms with Crippen molar-refractivity contribution < 1.29 is 14.3 Å². The number of nitrogens with one attached hydrogen (secondary N) is 2. The first-order chi connectivity index (χ1) is 10.7. The van der Waals surface area contributed by atoms with Crippen LogP contribution in [0.5, 0.6) is 11.5 Å². The van der Waals surface area contributed by atoms with E-state index in [1.807, 2.05) is 0 Å². The van der Waals surface area contributed by atoms with Gasteiger partial charge in [0, 0.05) is 25.1 Å². The van der Waals surface area contributed by atoms with Gasteiger partial charge in [0.1, 0.15) is 11.5 Å². The van der Waals surface area contributed by atoms with E-state index in [4.69, 9.17) is 9.47 Å². The molecule has 1 aliphatic rings. The second-order valence-corrected chi connectivity index (χ2v) is 5.65. The Morgan fingerprint density at radius 2 is 1.95 bits per heavy atom. The van der Waals surface area contributed by atoms with Gasteiger partial charge < -0.3 is 20.1 Å². The summed E-state index contributed by atoms with van der Waals surface area (Å²) in [6.45, 7) is 0.711. The molecule has 1 amide bonds. The highest BCUT2D eigenvalue weighted by molar-refractivity contribution is 5.92. The molecule has 5 nitrogen and oxygen atoms in total. The minimum absolute atomic E-state index is 0.0186. The largest absolute Gasteiger partial charge is 0.497 e. The molecule has 122 valence electrons. The van der Waals surface area contributed by atoms with Crippen molar-refractivity contribution in [1.82, 2.24) is 5.32 Å². The third-order valence-corrected chi connectivity index (χ3v) is 4.07. The van der Waals surface area contributed by atoms with Crippen LogP contribution in [0.2, 0.25) is 0 Å². The zero-order valence-corrected chi connectivity index (χ0v) is 13.5. The number of hydrogen-bond donors (Lipinski definition) is 2. The van der Waals surface area contributed by atoms with Crippen molar-refractivity contribution in [3.05, 3.63) is 18.2 Å². The second kappa shape index (κ2) is 8.63. The van der Waals surface area contributed by atoms with Crippen molar-refractivity contribution >= 4 is 11.6 Å². The SMILES string of the molecule is COc1ccc(OC)c(NC(=O)CCNC2CCCCC2)c1. The minimum Gasteiger partial charge on any atom is -0.497 e. The number of anilines is 1. The molecular weight excluding hydrogens is 280 g/mol. The van der Waals surface area contributed by atoms with E-state index in [-0.39, 0.29) is 5.91 Å². The number of carbonyl (C=O) groups is 1. The quantitative estimate of drug-likeness (QED) is 0.813. The third-order valence-electron chi connectivity index (χ3n) is 4.07. The molecule has 0 bridgehead atoms. The Morgan fingerprint density at radius 3 is 2.64 bits per heavy atom. The van der Waals surface area contributed by atoms with Crippen LogP contribution in [0, 0.1) is 0 Å². The predicted octanol–water partition coefficient (Wildman–Crippen LogP) is 2.95. The molecule has 1 aromatic rings. The zero-order valence-electron chi connectivity index (χ0n) is 13.5. The van der Waals surface area contributed by atoms with Crippen molar-refractivity contribution in [1.29, 1.82) is 0 Å². The summed E-state index contributed by atoms with van der Waals surface area (Å²) in [5, 5.41) is 6.36. The normalized spacial score (nSPS) is 15.4. The van der Waals surface area contributed by atoms with E-state index >= 15 is 0 Å². The fourth-order valence-corrected chi connectivity index (χ4v) is 2.82. The van der Waals surface area contributed by atoms with Crippen molar-refractivity contribution in [2.45, 2.75) is 44.6 Å². The summed E-state index contributed by atoms with van der Waals surface area (Å²) >= 11 is 0. The van der Waals surface area contributed by atoms with E-state index in [1.54, 1.807) is 32.4 Å². The van der Waals surface area contributed by atoms with Gasteiger partial charge in [0.25, 0.3) is 0 Å². The molecule has 0 saturated heterocycles. The van der Waals surface area contributed by atoms with Crippen LogP contribution in [0.1, 0.15) is 38.5 Å². The number of carbonyl (C=O) groups excluding carboxylic acids is 1. The number of hydrogen-bond acceptors (Lipinski definition) is 4. The maximum absolute atomic E-state index is 12.1. The molecule has 0 spiro atoms. The molecule has 1 fully saturated rings. The van der Waals surface area contributed by atoms with Crippen molar-refractivity contribution in [3.8, 4) is 11.5 Å². The molecule has 1 aromatic carbocycles. The van der Waals surface area contributed by atoms with Gasteiger partial charge in [0.2, 0.25) is 5.91 Å². The van der Waals surface area contributed by atoms with E-state index in [1.165, 1.54) is 32.1 Å². The van der Waals surface area contributed by atoms with Gasteiger partial charge in [-0.05, 0) is 25.0 Å². The van der Waals surface area contributed by atoms with Crippen molar-refractivity contribution in [3.63, 3.8) is 0 Å². The summed E-state index contributed by atoms with van der Waals surface area (Å²) in [4.78, 5) is 12.1. The van der Waals surface area contributed by atoms with Crippen LogP contribution >= 0.6 is 0 Å². The Bertz CT molecular complexity index is 485. The molecule has 0 atom stereocenters. The summed E-state index contributed by atoms with van der Waals surface area (Å²) in [6.07, 6.45) is 6.84. The Labute approximate surface area is 132 Å². The van der Waals surface area contributed by atoms with E-state index in [2.05, 4.69) is 10.6 Å². The van der Waals surface area contributed by atoms with Gasteiger partial charge in [0.05, 0.1) is 19.9 Å². The zero-order chi connectivity index (χ0) is 15.8. The lowest BCUT2D eigenvalue weighted by molar-refractivity contribution is -0.116. The second-order valence-electron chi connectivity index (χ2n) is 5.65. The number of amides is 1. The molecule has 0 aromatic heterocycles. The average molecular weight is 306 g/mol. The van der Waals surface area contributed by atoms with Gasteiger partial charge in [-0.2, -0.15) is 0 Å². The molecule has 1 saturated carbocycles. The smallest absolute Gasteiger partial charge is 0.225 e. The van der Waals surface area contributed by atoms with Crippen LogP contribution in [0.15, 0.2) is 18.2 Å². The average Bonchev–Trinajstić information content (AvgIpc) is 2.55. The highest BCUT2D eigenvalue weighted by Crippen LogP contribution is 2.28. The van der Waals surface area contributed by atoms with Gasteiger partial charge in [-0.25, -0.2) is 0 Å². The lowest BCUT2D eigenvalue weighted by Gasteiger charge is -2.22. The van der Waals surface area contributed by atoms with E-state index in [9.17, 15) is 4.79 Å². The van der Waals surface area contributed by atoms with Gasteiger partial charge in [-0.3, -0.25) is 4.79 Å². The number of benzene rings is 1. The van der Waals surface area contributed by atoms with Gasteiger partial charge in [-0.1, -0.05) is 19.3 Å². The third kappa shape index (κ3) is 4.91. The van der Waals surface area contributed by atoms with Crippen LogP contribution in [-0.2, 0) is 4.79 Å². The maximum atomic E-state index is 12.1. The summed E-state index contributed by atoms with van der Waals surface area (Å²) in [5.74, 6) is 1.31. The van der Waals surface area contributed by atoms with Crippen LogP contribution in [-0.4, -0.2) is 32.7 Å². The first kappa shape index (κ1) is 16.6. The first-order valence-corrected chi connectivity index (χ1v) is 7.98. The molecule has 2 N–H and O–H groups in total. The number of rotatable bonds is 7. The molecule has 22 heavy (non-hydrogen) atoms. The van der Waals surface area contributed by atoms with Crippen LogP contribution in [0.3, 0.4) is 0 Å². The molecule has 0 radical (unpaired) electrons. The van der Waals surface area contributed by atoms with Crippen LogP contribution in [0.4, 0.5) is 5.69 Å². The lowest BCUT2D eigenvalue weighted by Crippen LogP contribution is -2.33. The fraction of sp³-hybridized carbons (Fsp3) is 0.588. The van der Waals surface area contributed by atoms with Gasteiger partial charge in [0.15, 0.2) is 0 Å². The standard InChI is InChI=1S/C17H26N2O3/c1-21-14-8-9-16(22-2)15(12-14)19-17(20)10-11-18-13-6-4-3-5-7-13/h8-9,12-13,18H,3-7,10-11H2,1-2H3,(H,19,20). The molecular formula is C17H26N2O3. The van der Waals surface area contributed by atoms with Crippen LogP contribution in [0.25, 0.3) is 0 Å². The van der Waals surface area contributed by atoms with E-state index < -0.39 is 0 Å². The van der Waals surface area contributed by atoms with Crippen molar-refractivity contribution in [2.75, 3.05) is 26.1 Å². The van der Waals surface area contributed by atoms with E-state index in [0.29, 0.717) is 36.2 Å². The highest BCUT2D eigenvalue weighted by atomic mass is 16.5. The van der Waals surface area contributed by atoms with Gasteiger partial charge >= 0.3 is 0 Å². The topological polar surface area (TPSA) is 59.6 Å². The predicted molar refractivity (Wildman–Crippen MR) is 87.7 cm³/mol. The first-order valence-electron chi connectivity index (χ1n) is 7.98. The molecule has 2 rings (SSSR count). The van der Waals surface area contributed by atoms with Crippen molar-refractivity contribution in [2.24, 2.45) is 0 Å². The molecule has 0 heterocycles. The molecule has 1 aliphatic carbocycles. The Balaban J connectivity index is 1.80. The Kier molecular flexibility index (Phi) is 6.52. The monoisotopic (exact) mass is 306 g/mol. The summed E-state index contributed by atoms with van der Waals surface area (Å²) in [7, 11) is 3.18. The lowest BCUT2D eigenvalue weighted by atomic mass is 9.95. The summed E-state index contributed by atoms with van der Waals surface area (Å²) in [5.41, 5.74) is 0.643. The Morgan fingerprint density at radius 1 is 1.18 bits per heavy atom. The summed E-state index contributed by atoms with van der Waals surface area (Å²) in [6, 6.07) is 5.94. The number of ether oxygens (including phenoxy) is 2. The molecule has 5 heteroatoms. The summed E-state index contributed by atoms with van der Waals surface area (Å²) < 4.78 is 10.4. The highest BCUT2D eigenvalue weighted by Gasteiger charge is 2.13. The van der Waals surface area contributed by atoms with Gasteiger partial charge in [-0.15, -0.1) is 0 Å².